The van der Waals surface area contributed by atoms with Crippen molar-refractivity contribution in [1.82, 2.24) is 19.7 Å². The number of benzene rings is 1. The fraction of sp³-hybridized carbons (Fsp3) is 0.0833. The Morgan fingerprint density at radius 2 is 2.17 bits per heavy atom. The summed E-state index contributed by atoms with van der Waals surface area (Å²) in [4.78, 5) is 18.3. The number of fused-ring (bicyclic) bond motifs is 1. The first kappa shape index (κ1) is 11.2. The number of rotatable bonds is 1. The first-order valence-corrected chi connectivity index (χ1v) is 6.11. The lowest BCUT2D eigenvalue weighted by atomic mass is 10.1. The van der Waals surface area contributed by atoms with Crippen LogP contribution < -0.4 is 5.56 Å². The van der Waals surface area contributed by atoms with Crippen LogP contribution in [0.3, 0.4) is 0 Å². The minimum Gasteiger partial charge on any atom is -0.321 e. The Morgan fingerprint density at radius 3 is 2.89 bits per heavy atom. The molecule has 0 bridgehead atoms. The molecule has 1 N–H and O–H groups in total. The molecule has 2 heterocycles. The van der Waals surface area contributed by atoms with Crippen molar-refractivity contribution in [3.8, 4) is 11.4 Å². The third-order valence-corrected chi connectivity index (χ3v) is 3.38. The lowest BCUT2D eigenvalue weighted by Gasteiger charge is -2.05. The van der Waals surface area contributed by atoms with E-state index in [2.05, 4.69) is 31.0 Å². The maximum atomic E-state index is 11.3. The molecule has 0 saturated heterocycles. The maximum absolute atomic E-state index is 11.3. The summed E-state index contributed by atoms with van der Waals surface area (Å²) < 4.78 is 2.54. The lowest BCUT2D eigenvalue weighted by molar-refractivity contribution is 0.774. The summed E-state index contributed by atoms with van der Waals surface area (Å²) in [5.41, 5.74) is 1.62. The van der Waals surface area contributed by atoms with Crippen LogP contribution in [0.2, 0.25) is 0 Å². The average molecular weight is 305 g/mol. The van der Waals surface area contributed by atoms with E-state index >= 15 is 0 Å². The van der Waals surface area contributed by atoms with E-state index in [1.54, 1.807) is 10.7 Å². The minimum absolute atomic E-state index is 0.116. The number of aryl methyl sites for hydroxylation is 1. The molecule has 6 heteroatoms. The van der Waals surface area contributed by atoms with Crippen LogP contribution in [0.15, 0.2) is 39.9 Å². The quantitative estimate of drug-likeness (QED) is 0.749. The number of hydrogen-bond acceptors (Lipinski definition) is 3. The molecule has 0 saturated carbocycles. The van der Waals surface area contributed by atoms with Gasteiger partial charge in [-0.25, -0.2) is 9.67 Å². The predicted octanol–water partition coefficient (Wildman–Crippen LogP) is 2.09. The normalized spacial score (nSPS) is 11.0. The monoisotopic (exact) mass is 304 g/mol. The van der Waals surface area contributed by atoms with Crippen molar-refractivity contribution in [1.29, 1.82) is 0 Å². The molecule has 5 nitrogen and oxygen atoms in total. The topological polar surface area (TPSA) is 63.6 Å². The van der Waals surface area contributed by atoms with Crippen molar-refractivity contribution in [3.05, 3.63) is 45.4 Å². The van der Waals surface area contributed by atoms with Gasteiger partial charge in [0, 0.05) is 28.5 Å². The SMILES string of the molecule is Cn1ncnc1-c1cc(Br)c2[nH]c(=O)ccc2c1. The second-order valence-corrected chi connectivity index (χ2v) is 4.81. The van der Waals surface area contributed by atoms with E-state index in [0.29, 0.717) is 0 Å². The number of nitrogens with zero attached hydrogens (tertiary/aromatic N) is 3. The van der Waals surface area contributed by atoms with Gasteiger partial charge in [-0.2, -0.15) is 5.10 Å². The summed E-state index contributed by atoms with van der Waals surface area (Å²) in [6.45, 7) is 0. The fourth-order valence-electron chi connectivity index (χ4n) is 1.91. The van der Waals surface area contributed by atoms with Crippen LogP contribution in [0, 0.1) is 0 Å². The Bertz CT molecular complexity index is 790. The molecule has 0 atom stereocenters. The zero-order valence-corrected chi connectivity index (χ0v) is 11.1. The van der Waals surface area contributed by atoms with E-state index in [0.717, 1.165) is 26.8 Å². The molecule has 3 aromatic rings. The predicted molar refractivity (Wildman–Crippen MR) is 72.3 cm³/mol. The van der Waals surface area contributed by atoms with Crippen LogP contribution in [0.5, 0.6) is 0 Å². The molecule has 18 heavy (non-hydrogen) atoms. The largest absolute Gasteiger partial charge is 0.321 e. The fourth-order valence-corrected chi connectivity index (χ4v) is 2.48. The standard InChI is InChI=1S/C12H9BrN4O/c1-17-12(14-6-15-17)8-4-7-2-3-10(18)16-11(7)9(13)5-8/h2-6H,1H3,(H,16,18). The van der Waals surface area contributed by atoms with E-state index in [-0.39, 0.29) is 5.56 Å². The Hall–Kier alpha value is -1.95. The van der Waals surface area contributed by atoms with Gasteiger partial charge in [-0.15, -0.1) is 0 Å². The highest BCUT2D eigenvalue weighted by atomic mass is 79.9. The molecule has 0 aliphatic rings. The summed E-state index contributed by atoms with van der Waals surface area (Å²) in [5, 5.41) is 5.00. The zero-order valence-electron chi connectivity index (χ0n) is 9.51. The molecule has 0 fully saturated rings. The number of aromatic nitrogens is 4. The van der Waals surface area contributed by atoms with E-state index in [1.165, 1.54) is 12.4 Å². The minimum atomic E-state index is -0.116. The summed E-state index contributed by atoms with van der Waals surface area (Å²) in [7, 11) is 1.84. The molecule has 90 valence electrons. The summed E-state index contributed by atoms with van der Waals surface area (Å²) >= 11 is 3.46. The van der Waals surface area contributed by atoms with Gasteiger partial charge in [-0.3, -0.25) is 4.79 Å². The van der Waals surface area contributed by atoms with Gasteiger partial charge >= 0.3 is 0 Å². The molecule has 0 unspecified atom stereocenters. The molecule has 1 aromatic carbocycles. The van der Waals surface area contributed by atoms with Gasteiger partial charge in [0.05, 0.1) is 5.52 Å². The van der Waals surface area contributed by atoms with Crippen molar-refractivity contribution in [2.24, 2.45) is 7.05 Å². The zero-order chi connectivity index (χ0) is 12.7. The number of aromatic amines is 1. The van der Waals surface area contributed by atoms with Crippen LogP contribution in [0.25, 0.3) is 22.3 Å². The van der Waals surface area contributed by atoms with Gasteiger partial charge in [-0.1, -0.05) is 0 Å². The van der Waals surface area contributed by atoms with Crippen LogP contribution in [0.1, 0.15) is 0 Å². The highest BCUT2D eigenvalue weighted by Gasteiger charge is 2.08. The van der Waals surface area contributed by atoms with Gasteiger partial charge in [0.25, 0.3) is 0 Å². The van der Waals surface area contributed by atoms with E-state index in [1.807, 2.05) is 19.2 Å². The van der Waals surface area contributed by atoms with Crippen LogP contribution in [-0.4, -0.2) is 19.7 Å². The van der Waals surface area contributed by atoms with Crippen LogP contribution >= 0.6 is 15.9 Å². The highest BCUT2D eigenvalue weighted by Crippen LogP contribution is 2.27. The van der Waals surface area contributed by atoms with Crippen molar-refractivity contribution in [2.75, 3.05) is 0 Å². The second kappa shape index (κ2) is 4.06. The Labute approximate surface area is 111 Å². The van der Waals surface area contributed by atoms with Gasteiger partial charge in [0.1, 0.15) is 6.33 Å². The van der Waals surface area contributed by atoms with Gasteiger partial charge < -0.3 is 4.98 Å². The van der Waals surface area contributed by atoms with E-state index in [4.69, 9.17) is 0 Å². The lowest BCUT2D eigenvalue weighted by Crippen LogP contribution is -2.03. The Balaban J connectivity index is 2.31. The van der Waals surface area contributed by atoms with Gasteiger partial charge in [-0.05, 0) is 34.1 Å². The molecule has 0 aliphatic carbocycles. The maximum Gasteiger partial charge on any atom is 0.248 e. The first-order valence-electron chi connectivity index (χ1n) is 5.32. The molecular formula is C12H9BrN4O. The number of pyridine rings is 1. The molecule has 3 rings (SSSR count). The molecule has 0 aliphatic heterocycles. The average Bonchev–Trinajstić information content (AvgIpc) is 2.76. The number of hydrogen-bond donors (Lipinski definition) is 1. The second-order valence-electron chi connectivity index (χ2n) is 3.95. The summed E-state index contributed by atoms with van der Waals surface area (Å²) in [6.07, 6.45) is 1.51. The smallest absolute Gasteiger partial charge is 0.248 e. The molecular weight excluding hydrogens is 296 g/mol. The Morgan fingerprint density at radius 1 is 1.33 bits per heavy atom. The Kier molecular flexibility index (Phi) is 2.52. The molecule has 0 radical (unpaired) electrons. The first-order chi connectivity index (χ1) is 8.65. The number of H-pyrrole nitrogens is 1. The van der Waals surface area contributed by atoms with Crippen LogP contribution in [-0.2, 0) is 7.05 Å². The molecule has 0 amide bonds. The van der Waals surface area contributed by atoms with Crippen molar-refractivity contribution < 1.29 is 0 Å². The third kappa shape index (κ3) is 1.74. The van der Waals surface area contributed by atoms with Crippen molar-refractivity contribution in [2.45, 2.75) is 0 Å². The van der Waals surface area contributed by atoms with Crippen LogP contribution in [0.4, 0.5) is 0 Å². The summed E-state index contributed by atoms with van der Waals surface area (Å²) in [6, 6.07) is 7.19. The van der Waals surface area contributed by atoms with Crippen molar-refractivity contribution >= 4 is 26.8 Å². The number of nitrogens with one attached hydrogen (secondary N) is 1. The summed E-state index contributed by atoms with van der Waals surface area (Å²) in [5.74, 6) is 0.781. The van der Waals surface area contributed by atoms with Gasteiger partial charge in [0.2, 0.25) is 5.56 Å². The third-order valence-electron chi connectivity index (χ3n) is 2.75. The van der Waals surface area contributed by atoms with Crippen molar-refractivity contribution in [3.63, 3.8) is 0 Å². The van der Waals surface area contributed by atoms with Gasteiger partial charge in [0.15, 0.2) is 5.82 Å². The number of halogens is 1. The highest BCUT2D eigenvalue weighted by molar-refractivity contribution is 9.10. The molecule has 0 spiro atoms. The van der Waals surface area contributed by atoms with E-state index in [9.17, 15) is 4.79 Å². The molecule has 2 aromatic heterocycles. The van der Waals surface area contributed by atoms with E-state index < -0.39 is 0 Å².